The van der Waals surface area contributed by atoms with Gasteiger partial charge in [0.05, 0.1) is 7.11 Å². The van der Waals surface area contributed by atoms with E-state index in [1.165, 1.54) is 13.2 Å². The van der Waals surface area contributed by atoms with Crippen molar-refractivity contribution in [1.29, 1.82) is 0 Å². The Morgan fingerprint density at radius 2 is 1.48 bits per heavy atom. The summed E-state index contributed by atoms with van der Waals surface area (Å²) in [6.07, 6.45) is 10.5. The lowest BCUT2D eigenvalue weighted by Gasteiger charge is -2.28. The molecular weight excluding hydrogens is 425 g/mol. The van der Waals surface area contributed by atoms with Gasteiger partial charge in [0.25, 0.3) is 0 Å². The van der Waals surface area contributed by atoms with E-state index in [0.717, 1.165) is 56.9 Å². The highest BCUT2D eigenvalue weighted by Crippen LogP contribution is 2.39. The van der Waals surface area contributed by atoms with E-state index in [4.69, 9.17) is 4.74 Å². The third-order valence-corrected chi connectivity index (χ3v) is 7.65. The van der Waals surface area contributed by atoms with Gasteiger partial charge in [0.2, 0.25) is 0 Å². The normalized spacial score (nSPS) is 26.0. The van der Waals surface area contributed by atoms with Crippen LogP contribution in [0.2, 0.25) is 0 Å². The number of aliphatic hydroxyl groups excluding tert-OH is 1. The minimum Gasteiger partial charge on any atom is -0.497 e. The van der Waals surface area contributed by atoms with Crippen molar-refractivity contribution in [2.24, 2.45) is 11.8 Å². The predicted octanol–water partition coefficient (Wildman–Crippen LogP) is 7.37. The van der Waals surface area contributed by atoms with Crippen molar-refractivity contribution >= 4 is 6.08 Å². The third-order valence-electron chi connectivity index (χ3n) is 7.65. The number of halogens is 3. The molecule has 0 radical (unpaired) electrons. The molecule has 0 atom stereocenters. The molecule has 2 aromatic carbocycles. The molecule has 0 aliphatic heterocycles. The SMILES string of the molecule is COc1ccc(C2CCC(/C=C/c3ccc(C4CCC(CO)CC4)c(F)c3F)CC2)c(F)c1. The molecule has 0 heterocycles. The van der Waals surface area contributed by atoms with Crippen molar-refractivity contribution in [2.45, 2.75) is 63.2 Å². The zero-order valence-corrected chi connectivity index (χ0v) is 19.2. The van der Waals surface area contributed by atoms with E-state index in [1.807, 2.05) is 12.1 Å². The van der Waals surface area contributed by atoms with Crippen LogP contribution in [0, 0.1) is 29.3 Å². The van der Waals surface area contributed by atoms with E-state index in [-0.39, 0.29) is 41.7 Å². The fourth-order valence-electron chi connectivity index (χ4n) is 5.51. The second-order valence-corrected chi connectivity index (χ2v) is 9.63. The molecule has 0 aromatic heterocycles. The van der Waals surface area contributed by atoms with Crippen LogP contribution < -0.4 is 4.74 Å². The molecule has 178 valence electrons. The Kier molecular flexibility index (Phi) is 7.79. The summed E-state index contributed by atoms with van der Waals surface area (Å²) in [4.78, 5) is 0. The molecule has 5 heteroatoms. The van der Waals surface area contributed by atoms with Crippen molar-refractivity contribution in [2.75, 3.05) is 13.7 Å². The first-order valence-corrected chi connectivity index (χ1v) is 12.1. The summed E-state index contributed by atoms with van der Waals surface area (Å²) >= 11 is 0. The summed E-state index contributed by atoms with van der Waals surface area (Å²) in [6.45, 7) is 0.171. The Labute approximate surface area is 194 Å². The summed E-state index contributed by atoms with van der Waals surface area (Å²) in [5.41, 5.74) is 1.47. The number of hydrogen-bond donors (Lipinski definition) is 1. The Morgan fingerprint density at radius 1 is 0.848 bits per heavy atom. The average molecular weight is 459 g/mol. The number of benzene rings is 2. The lowest BCUT2D eigenvalue weighted by atomic mass is 9.78. The quantitative estimate of drug-likeness (QED) is 0.490. The van der Waals surface area contributed by atoms with Crippen LogP contribution in [0.5, 0.6) is 5.75 Å². The fraction of sp³-hybridized carbons (Fsp3) is 0.500. The zero-order chi connectivity index (χ0) is 23.4. The fourth-order valence-corrected chi connectivity index (χ4v) is 5.51. The van der Waals surface area contributed by atoms with Crippen molar-refractivity contribution in [3.8, 4) is 5.75 Å². The maximum absolute atomic E-state index is 14.8. The van der Waals surface area contributed by atoms with Crippen molar-refractivity contribution < 1.29 is 23.0 Å². The Balaban J connectivity index is 1.36. The first-order chi connectivity index (χ1) is 16.0. The van der Waals surface area contributed by atoms with Crippen molar-refractivity contribution in [1.82, 2.24) is 0 Å². The molecule has 2 aliphatic rings. The smallest absolute Gasteiger partial charge is 0.166 e. The number of methoxy groups -OCH3 is 1. The van der Waals surface area contributed by atoms with Gasteiger partial charge in [-0.3, -0.25) is 0 Å². The molecule has 2 saturated carbocycles. The number of aliphatic hydroxyl groups is 1. The minimum atomic E-state index is -0.776. The summed E-state index contributed by atoms with van der Waals surface area (Å²) in [5, 5.41) is 9.29. The van der Waals surface area contributed by atoms with Gasteiger partial charge in [-0.2, -0.15) is 0 Å². The molecule has 4 rings (SSSR count). The molecule has 1 N–H and O–H groups in total. The molecule has 0 amide bonds. The summed E-state index contributed by atoms with van der Waals surface area (Å²) in [5.74, 6) is -0.456. The lowest BCUT2D eigenvalue weighted by molar-refractivity contribution is 0.181. The summed E-state index contributed by atoms with van der Waals surface area (Å²) < 4.78 is 49.1. The van der Waals surface area contributed by atoms with E-state index in [1.54, 1.807) is 24.3 Å². The van der Waals surface area contributed by atoms with Gasteiger partial charge >= 0.3 is 0 Å². The average Bonchev–Trinajstić information content (AvgIpc) is 2.85. The Morgan fingerprint density at radius 3 is 2.12 bits per heavy atom. The largest absolute Gasteiger partial charge is 0.497 e. The van der Waals surface area contributed by atoms with Crippen LogP contribution in [0.15, 0.2) is 36.4 Å². The number of ether oxygens (including phenoxy) is 1. The van der Waals surface area contributed by atoms with Gasteiger partial charge < -0.3 is 9.84 Å². The van der Waals surface area contributed by atoms with Crippen LogP contribution in [-0.4, -0.2) is 18.8 Å². The summed E-state index contributed by atoms with van der Waals surface area (Å²) in [7, 11) is 1.53. The predicted molar refractivity (Wildman–Crippen MR) is 125 cm³/mol. The molecule has 0 bridgehead atoms. The highest BCUT2D eigenvalue weighted by molar-refractivity contribution is 5.52. The Hall–Kier alpha value is -2.27. The molecule has 33 heavy (non-hydrogen) atoms. The van der Waals surface area contributed by atoms with Crippen LogP contribution >= 0.6 is 0 Å². The minimum absolute atomic E-state index is 0.0222. The second kappa shape index (κ2) is 10.8. The highest BCUT2D eigenvalue weighted by Gasteiger charge is 2.26. The molecule has 0 unspecified atom stereocenters. The van der Waals surface area contributed by atoms with Gasteiger partial charge in [-0.1, -0.05) is 30.4 Å². The summed E-state index contributed by atoms with van der Waals surface area (Å²) in [6, 6.07) is 8.45. The molecule has 0 saturated heterocycles. The van der Waals surface area contributed by atoms with Crippen LogP contribution in [0.4, 0.5) is 13.2 Å². The maximum atomic E-state index is 14.8. The standard InChI is InChI=1S/C28H33F3O2/c1-33-23-13-15-24(26(29)16-23)20-7-2-18(3-8-20)4-11-22-12-14-25(28(31)27(22)30)21-9-5-19(17-32)6-10-21/h4,11-16,18-21,32H,2-3,5-10,17H2,1H3/b11-4+. The van der Waals surface area contributed by atoms with Gasteiger partial charge in [-0.15, -0.1) is 0 Å². The highest BCUT2D eigenvalue weighted by atomic mass is 19.2. The van der Waals surface area contributed by atoms with Gasteiger partial charge in [0.1, 0.15) is 11.6 Å². The Bertz CT molecular complexity index is 971. The van der Waals surface area contributed by atoms with Crippen molar-refractivity contribution in [3.63, 3.8) is 0 Å². The molecule has 2 fully saturated rings. The van der Waals surface area contributed by atoms with E-state index in [9.17, 15) is 18.3 Å². The molecule has 2 aromatic rings. The second-order valence-electron chi connectivity index (χ2n) is 9.63. The van der Waals surface area contributed by atoms with Gasteiger partial charge in [-0.05, 0) is 92.2 Å². The van der Waals surface area contributed by atoms with Crippen LogP contribution in [0.3, 0.4) is 0 Å². The zero-order valence-electron chi connectivity index (χ0n) is 19.2. The first-order valence-electron chi connectivity index (χ1n) is 12.1. The first kappa shape index (κ1) is 23.9. The maximum Gasteiger partial charge on any atom is 0.166 e. The van der Waals surface area contributed by atoms with Gasteiger partial charge in [-0.25, -0.2) is 13.2 Å². The van der Waals surface area contributed by atoms with Gasteiger partial charge in [0, 0.05) is 18.2 Å². The molecule has 2 aliphatic carbocycles. The monoisotopic (exact) mass is 458 g/mol. The number of allylic oxidation sites excluding steroid dienone is 1. The van der Waals surface area contributed by atoms with E-state index >= 15 is 0 Å². The van der Waals surface area contributed by atoms with Crippen molar-refractivity contribution in [3.05, 3.63) is 70.5 Å². The molecule has 0 spiro atoms. The number of rotatable bonds is 6. The lowest BCUT2D eigenvalue weighted by Crippen LogP contribution is -2.17. The topological polar surface area (TPSA) is 29.5 Å². The van der Waals surface area contributed by atoms with Gasteiger partial charge in [0.15, 0.2) is 11.6 Å². The van der Waals surface area contributed by atoms with E-state index in [0.29, 0.717) is 11.3 Å². The number of hydrogen-bond acceptors (Lipinski definition) is 2. The van der Waals surface area contributed by atoms with E-state index < -0.39 is 11.6 Å². The molecular formula is C28H33F3O2. The third kappa shape index (κ3) is 5.46. The molecule has 2 nitrogen and oxygen atoms in total. The van der Waals surface area contributed by atoms with E-state index in [2.05, 4.69) is 0 Å². The van der Waals surface area contributed by atoms with Crippen LogP contribution in [0.1, 0.15) is 79.9 Å². The van der Waals surface area contributed by atoms with Crippen LogP contribution in [-0.2, 0) is 0 Å². The van der Waals surface area contributed by atoms with Crippen LogP contribution in [0.25, 0.3) is 6.08 Å².